The Morgan fingerprint density at radius 1 is 0.553 bits per heavy atom. The van der Waals surface area contributed by atoms with E-state index in [2.05, 4.69) is 123 Å². The maximum Gasteiger partial charge on any atom is 0.0522 e. The second-order valence-corrected chi connectivity index (χ2v) is 17.9. The Bertz CT molecular complexity index is 1820. The summed E-state index contributed by atoms with van der Waals surface area (Å²) in [5.74, 6) is 0. The highest BCUT2D eigenvalue weighted by atomic mass is 32.2. The van der Waals surface area contributed by atoms with Crippen LogP contribution in [0.15, 0.2) is 68.1 Å². The number of thioether (sulfide) groups is 4. The van der Waals surface area contributed by atoms with Crippen LogP contribution in [0.2, 0.25) is 0 Å². The number of hydrogen-bond donors (Lipinski definition) is 0. The van der Waals surface area contributed by atoms with Gasteiger partial charge in [-0.25, -0.2) is 0 Å². The molecule has 9 rings (SSSR count). The largest absolute Gasteiger partial charge is 0.140 e. The Morgan fingerprint density at radius 2 is 1.16 bits per heavy atom. The van der Waals surface area contributed by atoms with Gasteiger partial charge in [0.1, 0.15) is 0 Å². The highest BCUT2D eigenvalue weighted by Crippen LogP contribution is 2.73. The number of hydrogen-bond acceptors (Lipinski definition) is 6. The Balaban J connectivity index is 1.09. The van der Waals surface area contributed by atoms with Crippen LogP contribution >= 0.6 is 69.7 Å². The van der Waals surface area contributed by atoms with Crippen molar-refractivity contribution in [3.05, 3.63) is 92.4 Å². The van der Waals surface area contributed by atoms with E-state index in [0.29, 0.717) is 21.0 Å². The van der Waals surface area contributed by atoms with E-state index in [9.17, 15) is 0 Å². The second kappa shape index (κ2) is 8.14. The minimum Gasteiger partial charge on any atom is -0.140 e. The zero-order valence-electron chi connectivity index (χ0n) is 21.4. The van der Waals surface area contributed by atoms with Crippen molar-refractivity contribution in [1.29, 1.82) is 0 Å². The predicted molar refractivity (Wildman–Crippen MR) is 171 cm³/mol. The van der Waals surface area contributed by atoms with Crippen molar-refractivity contribution < 1.29 is 0 Å². The van der Waals surface area contributed by atoms with Gasteiger partial charge < -0.3 is 0 Å². The van der Waals surface area contributed by atoms with Crippen molar-refractivity contribution in [3.63, 3.8) is 0 Å². The molecule has 4 aliphatic rings. The average Bonchev–Trinajstić information content (AvgIpc) is 3.69. The molecule has 2 aromatic heterocycles. The summed E-state index contributed by atoms with van der Waals surface area (Å²) >= 11 is 12.4. The lowest BCUT2D eigenvalue weighted by molar-refractivity contribution is 0.885. The molecule has 0 spiro atoms. The fraction of sp³-hybridized carbons (Fsp3) is 0.250. The summed E-state index contributed by atoms with van der Waals surface area (Å²) in [4.78, 5) is 8.97. The van der Waals surface area contributed by atoms with Gasteiger partial charge in [-0.15, -0.1) is 69.7 Å². The van der Waals surface area contributed by atoms with E-state index in [-0.39, 0.29) is 0 Å². The Kier molecular flexibility index (Phi) is 5.02. The summed E-state index contributed by atoms with van der Waals surface area (Å²) in [6.07, 6.45) is 0. The molecule has 0 bridgehead atoms. The molecular formula is C32H24S6. The molecule has 0 amide bonds. The molecule has 6 heterocycles. The highest BCUT2D eigenvalue weighted by molar-refractivity contribution is 8.05. The summed E-state index contributed by atoms with van der Waals surface area (Å²) in [5, 5.41) is 2.18. The van der Waals surface area contributed by atoms with Gasteiger partial charge in [0.15, 0.2) is 0 Å². The van der Waals surface area contributed by atoms with Crippen molar-refractivity contribution in [3.8, 4) is 10.4 Å². The van der Waals surface area contributed by atoms with Gasteiger partial charge >= 0.3 is 0 Å². The molecule has 4 atom stereocenters. The zero-order valence-corrected chi connectivity index (χ0v) is 26.3. The van der Waals surface area contributed by atoms with Gasteiger partial charge in [0, 0.05) is 38.7 Å². The molecule has 3 aromatic carbocycles. The minimum absolute atomic E-state index is 0.530. The topological polar surface area (TPSA) is 0 Å². The van der Waals surface area contributed by atoms with Gasteiger partial charge in [-0.05, 0) is 96.5 Å². The highest BCUT2D eigenvalue weighted by Gasteiger charge is 2.49. The SMILES string of the molecule is Cc1ccc2c(c1)SC1c3c(C)c4c(c(C)c3SC21)C1Sc2cc(-c3cc5sc(C)cc5s3)ccc2C1S4. The standard InChI is InChI=1S/C32H24S6/c1-13-5-7-18-21(9-13)35-31-25-15(3)28-26(16(4)27(25)37-29(18)31)32-30(38-28)19-8-6-17(11-22(19)36-32)20-12-24-23(34-20)10-14(2)33-24/h5-12,29-32H,1-4H3. The molecule has 0 N–H and O–H groups in total. The van der Waals surface area contributed by atoms with Crippen molar-refractivity contribution in [2.45, 2.75) is 68.3 Å². The van der Waals surface area contributed by atoms with Crippen LogP contribution in [0.1, 0.15) is 64.8 Å². The summed E-state index contributed by atoms with van der Waals surface area (Å²) in [7, 11) is 0. The molecule has 4 aliphatic heterocycles. The van der Waals surface area contributed by atoms with Crippen LogP contribution in [0.25, 0.3) is 19.8 Å². The number of thiophene rings is 2. The summed E-state index contributed by atoms with van der Waals surface area (Å²) in [6.45, 7) is 9.27. The molecule has 0 saturated heterocycles. The van der Waals surface area contributed by atoms with Gasteiger partial charge in [0.25, 0.3) is 0 Å². The molecule has 0 saturated carbocycles. The van der Waals surface area contributed by atoms with E-state index in [4.69, 9.17) is 0 Å². The van der Waals surface area contributed by atoms with E-state index in [0.717, 1.165) is 0 Å². The van der Waals surface area contributed by atoms with Gasteiger partial charge in [-0.1, -0.05) is 24.3 Å². The first-order valence-corrected chi connectivity index (χ1v) is 18.2. The summed E-state index contributed by atoms with van der Waals surface area (Å²) < 4.78 is 2.85. The number of fused-ring (bicyclic) bond motifs is 11. The van der Waals surface area contributed by atoms with Crippen LogP contribution in [0, 0.1) is 27.7 Å². The van der Waals surface area contributed by atoms with Crippen molar-refractivity contribution in [1.82, 2.24) is 0 Å². The monoisotopic (exact) mass is 600 g/mol. The van der Waals surface area contributed by atoms with Crippen LogP contribution in [0.5, 0.6) is 0 Å². The van der Waals surface area contributed by atoms with E-state index < -0.39 is 0 Å². The van der Waals surface area contributed by atoms with Gasteiger partial charge in [-0.2, -0.15) is 0 Å². The smallest absolute Gasteiger partial charge is 0.0522 e. The third kappa shape index (κ3) is 3.11. The lowest BCUT2D eigenvalue weighted by Gasteiger charge is -2.19. The van der Waals surface area contributed by atoms with Crippen LogP contribution < -0.4 is 0 Å². The summed E-state index contributed by atoms with van der Waals surface area (Å²) in [5.41, 5.74) is 12.2. The molecule has 188 valence electrons. The first-order valence-electron chi connectivity index (χ1n) is 13.0. The van der Waals surface area contributed by atoms with E-state index in [1.807, 2.05) is 22.7 Å². The zero-order chi connectivity index (χ0) is 25.4. The van der Waals surface area contributed by atoms with Crippen LogP contribution in [-0.4, -0.2) is 0 Å². The van der Waals surface area contributed by atoms with Crippen molar-refractivity contribution in [2.75, 3.05) is 0 Å². The molecule has 0 nitrogen and oxygen atoms in total. The molecule has 5 aromatic rings. The van der Waals surface area contributed by atoms with Crippen molar-refractivity contribution in [2.24, 2.45) is 0 Å². The molecule has 0 fully saturated rings. The molecule has 0 radical (unpaired) electrons. The fourth-order valence-corrected chi connectivity index (χ4v) is 16.1. The van der Waals surface area contributed by atoms with E-state index in [1.54, 1.807) is 43.2 Å². The Hall–Kier alpha value is -1.28. The Labute approximate surface area is 248 Å². The maximum absolute atomic E-state index is 2.48. The summed E-state index contributed by atoms with van der Waals surface area (Å²) in [6, 6.07) is 19.1. The fourth-order valence-electron chi connectivity index (χ4n) is 6.73. The molecule has 0 aliphatic carbocycles. The molecular weight excluding hydrogens is 577 g/mol. The van der Waals surface area contributed by atoms with Crippen LogP contribution in [-0.2, 0) is 0 Å². The van der Waals surface area contributed by atoms with Gasteiger partial charge in [0.2, 0.25) is 0 Å². The first-order chi connectivity index (χ1) is 18.4. The number of aryl methyl sites for hydroxylation is 2. The second-order valence-electron chi connectivity index (χ2n) is 10.9. The molecule has 6 heteroatoms. The average molecular weight is 601 g/mol. The number of rotatable bonds is 1. The quantitative estimate of drug-likeness (QED) is 0.188. The van der Waals surface area contributed by atoms with E-state index in [1.165, 1.54) is 40.1 Å². The minimum atomic E-state index is 0.530. The maximum atomic E-state index is 2.48. The lowest BCUT2D eigenvalue weighted by Crippen LogP contribution is -2.01. The molecule has 4 unspecified atom stereocenters. The third-order valence-corrected chi connectivity index (χ3v) is 16.9. The van der Waals surface area contributed by atoms with Crippen LogP contribution in [0.3, 0.4) is 0 Å². The van der Waals surface area contributed by atoms with Crippen LogP contribution in [0.4, 0.5) is 0 Å². The molecule has 38 heavy (non-hydrogen) atoms. The number of benzene rings is 3. The lowest BCUT2D eigenvalue weighted by atomic mass is 9.92. The van der Waals surface area contributed by atoms with Gasteiger partial charge in [-0.3, -0.25) is 0 Å². The normalized spacial score (nSPS) is 23.9. The van der Waals surface area contributed by atoms with Gasteiger partial charge in [0.05, 0.1) is 21.0 Å². The first kappa shape index (κ1) is 23.4. The Morgan fingerprint density at radius 3 is 1.82 bits per heavy atom. The predicted octanol–water partition coefficient (Wildman–Crippen LogP) is 11.9. The van der Waals surface area contributed by atoms with Crippen molar-refractivity contribution >= 4 is 79.1 Å². The van der Waals surface area contributed by atoms with E-state index >= 15 is 0 Å². The third-order valence-electron chi connectivity index (χ3n) is 8.51.